The third-order valence-corrected chi connectivity index (χ3v) is 5.03. The SMILES string of the molecule is Cc1c(C(=O)O)nc(-c2ccc(Cl)cc2Cl)n1-c1ccc(C#CCCCO[N+](=O)[O-])cc1. The topological polar surface area (TPSA) is 107 Å². The van der Waals surface area contributed by atoms with Crippen molar-refractivity contribution in [3.8, 4) is 28.9 Å². The second-order valence-corrected chi connectivity index (χ2v) is 7.49. The molecule has 3 rings (SSSR count). The fourth-order valence-corrected chi connectivity index (χ4v) is 3.52. The van der Waals surface area contributed by atoms with Crippen molar-refractivity contribution in [2.45, 2.75) is 19.8 Å². The number of unbranched alkanes of at least 4 members (excludes halogenated alkanes) is 1. The molecule has 3 aromatic rings. The Hall–Kier alpha value is -3.54. The molecule has 2 aromatic carbocycles. The fourth-order valence-electron chi connectivity index (χ4n) is 3.03. The quantitative estimate of drug-likeness (QED) is 0.219. The molecule has 0 radical (unpaired) electrons. The predicted molar refractivity (Wildman–Crippen MR) is 120 cm³/mol. The summed E-state index contributed by atoms with van der Waals surface area (Å²) in [5.41, 5.74) is 2.35. The molecule has 32 heavy (non-hydrogen) atoms. The van der Waals surface area contributed by atoms with Gasteiger partial charge < -0.3 is 9.94 Å². The van der Waals surface area contributed by atoms with Gasteiger partial charge >= 0.3 is 5.97 Å². The normalized spacial score (nSPS) is 10.3. The van der Waals surface area contributed by atoms with Crippen molar-refractivity contribution in [2.75, 3.05) is 6.61 Å². The van der Waals surface area contributed by atoms with E-state index in [0.717, 1.165) is 5.56 Å². The lowest BCUT2D eigenvalue weighted by atomic mass is 10.1. The molecule has 0 saturated heterocycles. The predicted octanol–water partition coefficient (Wildman–Crippen LogP) is 5.19. The van der Waals surface area contributed by atoms with Crippen molar-refractivity contribution in [1.29, 1.82) is 0 Å². The summed E-state index contributed by atoms with van der Waals surface area (Å²) in [6, 6.07) is 12.1. The van der Waals surface area contributed by atoms with Gasteiger partial charge in [0.2, 0.25) is 0 Å². The Bertz CT molecular complexity index is 1230. The molecule has 0 bridgehead atoms. The Balaban J connectivity index is 1.91. The van der Waals surface area contributed by atoms with E-state index in [0.29, 0.717) is 45.7 Å². The van der Waals surface area contributed by atoms with Crippen LogP contribution in [-0.4, -0.2) is 32.3 Å². The number of nitrogens with zero attached hydrogens (tertiary/aromatic N) is 3. The average molecular weight is 474 g/mol. The lowest BCUT2D eigenvalue weighted by Gasteiger charge is -2.12. The number of aromatic nitrogens is 2. The van der Waals surface area contributed by atoms with Gasteiger partial charge in [0.1, 0.15) is 5.82 Å². The van der Waals surface area contributed by atoms with Crippen LogP contribution in [0.15, 0.2) is 42.5 Å². The smallest absolute Gasteiger partial charge is 0.356 e. The summed E-state index contributed by atoms with van der Waals surface area (Å²) >= 11 is 12.3. The highest BCUT2D eigenvalue weighted by Gasteiger charge is 2.22. The molecule has 1 aromatic heterocycles. The molecule has 0 aliphatic carbocycles. The number of halogens is 2. The Morgan fingerprint density at radius 1 is 1.25 bits per heavy atom. The molecule has 10 heteroatoms. The molecule has 0 fully saturated rings. The van der Waals surface area contributed by atoms with E-state index in [1.807, 2.05) is 0 Å². The highest BCUT2D eigenvalue weighted by molar-refractivity contribution is 6.36. The third-order valence-electron chi connectivity index (χ3n) is 4.48. The Kier molecular flexibility index (Phi) is 7.36. The summed E-state index contributed by atoms with van der Waals surface area (Å²) in [6.45, 7) is 1.67. The first-order valence-corrected chi connectivity index (χ1v) is 10.2. The van der Waals surface area contributed by atoms with Crippen molar-refractivity contribution in [3.63, 3.8) is 0 Å². The monoisotopic (exact) mass is 473 g/mol. The largest absolute Gasteiger partial charge is 0.476 e. The summed E-state index contributed by atoms with van der Waals surface area (Å²) in [6.07, 6.45) is 0.904. The minimum atomic E-state index is -1.14. The van der Waals surface area contributed by atoms with Gasteiger partial charge in [-0.05, 0) is 55.8 Å². The van der Waals surface area contributed by atoms with Gasteiger partial charge in [-0.2, -0.15) is 0 Å². The highest BCUT2D eigenvalue weighted by Crippen LogP contribution is 2.33. The van der Waals surface area contributed by atoms with Crippen LogP contribution in [0, 0.1) is 28.9 Å². The molecule has 0 aliphatic rings. The van der Waals surface area contributed by atoms with E-state index in [4.69, 9.17) is 23.2 Å². The van der Waals surface area contributed by atoms with Crippen molar-refractivity contribution >= 4 is 29.2 Å². The van der Waals surface area contributed by atoms with Gasteiger partial charge in [-0.1, -0.05) is 35.0 Å². The van der Waals surface area contributed by atoms with Crippen LogP contribution >= 0.6 is 23.2 Å². The zero-order valence-electron chi connectivity index (χ0n) is 16.8. The van der Waals surface area contributed by atoms with Crippen LogP contribution in [0.5, 0.6) is 0 Å². The van der Waals surface area contributed by atoms with E-state index in [2.05, 4.69) is 21.7 Å². The zero-order chi connectivity index (χ0) is 23.3. The lowest BCUT2D eigenvalue weighted by Crippen LogP contribution is -2.02. The van der Waals surface area contributed by atoms with E-state index >= 15 is 0 Å². The second-order valence-electron chi connectivity index (χ2n) is 6.64. The number of carboxylic acid groups (broad SMARTS) is 1. The van der Waals surface area contributed by atoms with Gasteiger partial charge in [0, 0.05) is 28.3 Å². The van der Waals surface area contributed by atoms with Crippen LogP contribution in [0.4, 0.5) is 0 Å². The zero-order valence-corrected chi connectivity index (χ0v) is 18.4. The van der Waals surface area contributed by atoms with Crippen LogP contribution in [-0.2, 0) is 4.84 Å². The van der Waals surface area contributed by atoms with Crippen molar-refractivity contribution in [1.82, 2.24) is 9.55 Å². The average Bonchev–Trinajstić information content (AvgIpc) is 3.08. The molecule has 164 valence electrons. The number of benzene rings is 2. The summed E-state index contributed by atoms with van der Waals surface area (Å²) in [5, 5.41) is 19.6. The number of hydrogen-bond donors (Lipinski definition) is 1. The van der Waals surface area contributed by atoms with E-state index in [9.17, 15) is 20.0 Å². The first kappa shape index (κ1) is 23.1. The van der Waals surface area contributed by atoms with Gasteiger partial charge in [-0.3, -0.25) is 4.57 Å². The maximum atomic E-state index is 11.7. The summed E-state index contributed by atoms with van der Waals surface area (Å²) in [4.78, 5) is 30.3. The molecule has 0 amide bonds. The summed E-state index contributed by atoms with van der Waals surface area (Å²) in [7, 11) is 0. The van der Waals surface area contributed by atoms with Crippen molar-refractivity contribution in [2.24, 2.45) is 0 Å². The minimum absolute atomic E-state index is 0.00245. The maximum absolute atomic E-state index is 11.7. The molecular formula is C22H17Cl2N3O5. The first-order valence-electron chi connectivity index (χ1n) is 9.42. The van der Waals surface area contributed by atoms with Gasteiger partial charge in [0.15, 0.2) is 5.69 Å². The van der Waals surface area contributed by atoms with E-state index in [1.165, 1.54) is 0 Å². The lowest BCUT2D eigenvalue weighted by molar-refractivity contribution is -0.757. The fraction of sp³-hybridized carbons (Fsp3) is 0.182. The van der Waals surface area contributed by atoms with Gasteiger partial charge in [0.05, 0.1) is 17.3 Å². The summed E-state index contributed by atoms with van der Waals surface area (Å²) < 4.78 is 1.71. The van der Waals surface area contributed by atoms with Crippen LogP contribution < -0.4 is 0 Å². The molecule has 0 spiro atoms. The van der Waals surface area contributed by atoms with Crippen LogP contribution in [0.25, 0.3) is 17.1 Å². The number of carboxylic acids is 1. The minimum Gasteiger partial charge on any atom is -0.476 e. The molecule has 8 nitrogen and oxygen atoms in total. The van der Waals surface area contributed by atoms with E-state index in [-0.39, 0.29) is 12.3 Å². The van der Waals surface area contributed by atoms with Gasteiger partial charge in [-0.15, -0.1) is 10.1 Å². The Labute approximate surface area is 193 Å². The molecule has 1 heterocycles. The van der Waals surface area contributed by atoms with Gasteiger partial charge in [0.25, 0.3) is 5.09 Å². The standard InChI is InChI=1S/C22H17Cl2N3O5/c1-14-20(22(28)29)25-21(18-11-8-16(23)13-19(18)24)26(14)17-9-6-15(7-10-17)5-3-2-4-12-32-27(30)31/h6-11,13H,2,4,12H2,1H3,(H,28,29). The van der Waals surface area contributed by atoms with Crippen molar-refractivity contribution < 1.29 is 19.8 Å². The Morgan fingerprint density at radius 2 is 1.97 bits per heavy atom. The maximum Gasteiger partial charge on any atom is 0.356 e. The number of hydrogen-bond acceptors (Lipinski definition) is 5. The molecule has 0 aliphatic heterocycles. The number of aromatic carboxylic acids is 1. The molecular weight excluding hydrogens is 457 g/mol. The van der Waals surface area contributed by atoms with Crippen LogP contribution in [0.3, 0.4) is 0 Å². The second kappa shape index (κ2) is 10.2. The molecule has 1 N–H and O–H groups in total. The number of carbonyl (C=O) groups is 1. The molecule has 0 atom stereocenters. The molecule has 0 unspecified atom stereocenters. The Morgan fingerprint density at radius 3 is 2.59 bits per heavy atom. The number of imidazole rings is 1. The third kappa shape index (κ3) is 5.38. The van der Waals surface area contributed by atoms with Gasteiger partial charge in [-0.25, -0.2) is 9.78 Å². The van der Waals surface area contributed by atoms with Crippen LogP contribution in [0.1, 0.15) is 34.6 Å². The van der Waals surface area contributed by atoms with Crippen molar-refractivity contribution in [3.05, 3.63) is 79.6 Å². The van der Waals surface area contributed by atoms with Crippen LogP contribution in [0.2, 0.25) is 10.0 Å². The summed E-state index contributed by atoms with van der Waals surface area (Å²) in [5.74, 6) is 5.15. The highest BCUT2D eigenvalue weighted by atomic mass is 35.5. The van der Waals surface area contributed by atoms with E-state index in [1.54, 1.807) is 54.0 Å². The van der Waals surface area contributed by atoms with E-state index < -0.39 is 11.1 Å². The molecule has 0 saturated carbocycles. The first-order chi connectivity index (χ1) is 15.3. The number of rotatable bonds is 7.